The van der Waals surface area contributed by atoms with Gasteiger partial charge in [0.05, 0.1) is 19.1 Å². The molecule has 0 radical (unpaired) electrons. The molecule has 1 unspecified atom stereocenters. The van der Waals surface area contributed by atoms with E-state index in [1.165, 1.54) is 0 Å². The second-order valence-electron chi connectivity index (χ2n) is 5.97. The highest BCUT2D eigenvalue weighted by Gasteiger charge is 2.26. The van der Waals surface area contributed by atoms with Gasteiger partial charge >= 0.3 is 5.97 Å². The monoisotopic (exact) mass is 272 g/mol. The smallest absolute Gasteiger partial charge is 0.303 e. The first-order chi connectivity index (χ1) is 8.78. The van der Waals surface area contributed by atoms with Crippen LogP contribution in [-0.4, -0.2) is 61.3 Å². The Morgan fingerprint density at radius 1 is 1.42 bits per heavy atom. The van der Waals surface area contributed by atoms with Crippen LogP contribution in [0, 0.1) is 5.41 Å². The molecule has 0 spiro atoms. The molecule has 0 bridgehead atoms. The molecule has 6 heteroatoms. The summed E-state index contributed by atoms with van der Waals surface area (Å²) in [6, 6.07) is 0. The van der Waals surface area contributed by atoms with Gasteiger partial charge in [-0.2, -0.15) is 0 Å². The molecule has 0 saturated carbocycles. The number of ether oxygens (including phenoxy) is 1. The van der Waals surface area contributed by atoms with Crippen molar-refractivity contribution < 1.29 is 19.4 Å². The zero-order valence-electron chi connectivity index (χ0n) is 11.9. The van der Waals surface area contributed by atoms with Gasteiger partial charge in [-0.3, -0.25) is 9.59 Å². The molecular formula is C13H24N2O4. The molecule has 1 aliphatic rings. The Balaban J connectivity index is 2.29. The molecule has 1 atom stereocenters. The maximum Gasteiger partial charge on any atom is 0.303 e. The highest BCUT2D eigenvalue weighted by Crippen LogP contribution is 2.24. The van der Waals surface area contributed by atoms with Crippen molar-refractivity contribution in [2.24, 2.45) is 5.41 Å². The van der Waals surface area contributed by atoms with Gasteiger partial charge in [0.1, 0.15) is 0 Å². The van der Waals surface area contributed by atoms with E-state index in [0.29, 0.717) is 13.2 Å². The Morgan fingerprint density at radius 2 is 2.11 bits per heavy atom. The van der Waals surface area contributed by atoms with Crippen LogP contribution in [0.15, 0.2) is 0 Å². The normalized spacial score (nSPS) is 21.1. The molecule has 1 heterocycles. The van der Waals surface area contributed by atoms with Crippen molar-refractivity contribution in [2.45, 2.75) is 32.8 Å². The molecule has 0 aromatic heterocycles. The van der Waals surface area contributed by atoms with E-state index in [2.05, 4.69) is 10.2 Å². The first-order valence-electron chi connectivity index (χ1n) is 6.57. The number of hydrogen-bond acceptors (Lipinski definition) is 4. The van der Waals surface area contributed by atoms with E-state index < -0.39 is 11.4 Å². The number of carboxylic acids is 1. The number of rotatable bonds is 6. The summed E-state index contributed by atoms with van der Waals surface area (Å²) in [6.07, 6.45) is 0.218. The van der Waals surface area contributed by atoms with Crippen molar-refractivity contribution in [3.63, 3.8) is 0 Å². The molecule has 1 fully saturated rings. The fourth-order valence-corrected chi connectivity index (χ4v) is 2.19. The Morgan fingerprint density at radius 3 is 2.68 bits per heavy atom. The topological polar surface area (TPSA) is 78.9 Å². The second kappa shape index (κ2) is 6.86. The van der Waals surface area contributed by atoms with Gasteiger partial charge in [0.15, 0.2) is 0 Å². The van der Waals surface area contributed by atoms with Gasteiger partial charge < -0.3 is 20.1 Å². The molecule has 1 saturated heterocycles. The lowest BCUT2D eigenvalue weighted by Gasteiger charge is -2.30. The predicted molar refractivity (Wildman–Crippen MR) is 70.9 cm³/mol. The second-order valence-corrected chi connectivity index (χ2v) is 5.97. The molecule has 110 valence electrons. The fraction of sp³-hybridized carbons (Fsp3) is 0.846. The number of carbonyl (C=O) groups excluding carboxylic acids is 1. The Kier molecular flexibility index (Phi) is 5.75. The standard InChI is InChI=1S/C13H24N2O4/c1-13(2,7-12(17)18)6-11(16)14-8-10-9-15(3)4-5-19-10/h10H,4-9H2,1-3H3,(H,14,16)(H,17,18). The third-order valence-electron chi connectivity index (χ3n) is 3.14. The maximum atomic E-state index is 11.8. The Hall–Kier alpha value is -1.14. The third kappa shape index (κ3) is 6.54. The summed E-state index contributed by atoms with van der Waals surface area (Å²) in [5.74, 6) is -1.00. The van der Waals surface area contributed by atoms with Gasteiger partial charge in [0.2, 0.25) is 5.91 Å². The molecule has 0 aromatic carbocycles. The van der Waals surface area contributed by atoms with Crippen LogP contribution >= 0.6 is 0 Å². The van der Waals surface area contributed by atoms with Crippen LogP contribution in [0.3, 0.4) is 0 Å². The van der Waals surface area contributed by atoms with Crippen LogP contribution in [0.5, 0.6) is 0 Å². The number of carboxylic acid groups (broad SMARTS) is 1. The van der Waals surface area contributed by atoms with Crippen LogP contribution in [-0.2, 0) is 14.3 Å². The minimum Gasteiger partial charge on any atom is -0.481 e. The van der Waals surface area contributed by atoms with E-state index in [1.807, 2.05) is 7.05 Å². The van der Waals surface area contributed by atoms with Crippen molar-refractivity contribution in [2.75, 3.05) is 33.3 Å². The summed E-state index contributed by atoms with van der Waals surface area (Å²) in [6.45, 7) is 6.44. The molecular weight excluding hydrogens is 248 g/mol. The highest BCUT2D eigenvalue weighted by atomic mass is 16.5. The molecule has 2 N–H and O–H groups in total. The number of carbonyl (C=O) groups is 2. The van der Waals surface area contributed by atoms with Crippen molar-refractivity contribution in [1.82, 2.24) is 10.2 Å². The number of nitrogens with zero attached hydrogens (tertiary/aromatic N) is 1. The summed E-state index contributed by atoms with van der Waals surface area (Å²) in [5.41, 5.74) is -0.528. The summed E-state index contributed by atoms with van der Waals surface area (Å²) in [4.78, 5) is 24.6. The fourth-order valence-electron chi connectivity index (χ4n) is 2.19. The van der Waals surface area contributed by atoms with Gasteiger partial charge in [-0.15, -0.1) is 0 Å². The number of nitrogens with one attached hydrogen (secondary N) is 1. The van der Waals surface area contributed by atoms with Crippen LogP contribution in [0.4, 0.5) is 0 Å². The summed E-state index contributed by atoms with van der Waals surface area (Å²) < 4.78 is 5.54. The van der Waals surface area contributed by atoms with Crippen molar-refractivity contribution in [3.8, 4) is 0 Å². The van der Waals surface area contributed by atoms with Crippen LogP contribution < -0.4 is 5.32 Å². The lowest BCUT2D eigenvalue weighted by atomic mass is 9.85. The molecule has 6 nitrogen and oxygen atoms in total. The van der Waals surface area contributed by atoms with Crippen molar-refractivity contribution >= 4 is 11.9 Å². The Labute approximate surface area is 114 Å². The quantitative estimate of drug-likeness (QED) is 0.728. The van der Waals surface area contributed by atoms with Gasteiger partial charge in [-0.25, -0.2) is 0 Å². The highest BCUT2D eigenvalue weighted by molar-refractivity contribution is 5.77. The average Bonchev–Trinajstić information content (AvgIpc) is 2.24. The van der Waals surface area contributed by atoms with Crippen LogP contribution in [0.2, 0.25) is 0 Å². The van der Waals surface area contributed by atoms with Crippen molar-refractivity contribution in [3.05, 3.63) is 0 Å². The number of morpholine rings is 1. The largest absolute Gasteiger partial charge is 0.481 e. The molecule has 0 aromatic rings. The van der Waals surface area contributed by atoms with Gasteiger partial charge in [0.25, 0.3) is 0 Å². The minimum absolute atomic E-state index is 0.0108. The van der Waals surface area contributed by atoms with E-state index in [9.17, 15) is 9.59 Å². The minimum atomic E-state index is -0.880. The zero-order valence-corrected chi connectivity index (χ0v) is 11.9. The van der Waals surface area contributed by atoms with Crippen LogP contribution in [0.1, 0.15) is 26.7 Å². The molecule has 1 aliphatic heterocycles. The third-order valence-corrected chi connectivity index (χ3v) is 3.14. The molecule has 19 heavy (non-hydrogen) atoms. The van der Waals surface area contributed by atoms with E-state index in [-0.39, 0.29) is 24.9 Å². The van der Waals surface area contributed by atoms with E-state index in [4.69, 9.17) is 9.84 Å². The maximum absolute atomic E-state index is 11.8. The summed E-state index contributed by atoms with van der Waals surface area (Å²) in [5, 5.41) is 11.6. The van der Waals surface area contributed by atoms with Crippen LogP contribution in [0.25, 0.3) is 0 Å². The van der Waals surface area contributed by atoms with Gasteiger partial charge in [0, 0.05) is 26.1 Å². The molecule has 0 aliphatic carbocycles. The first-order valence-corrected chi connectivity index (χ1v) is 6.57. The number of aliphatic carboxylic acids is 1. The lowest BCUT2D eigenvalue weighted by molar-refractivity contribution is -0.139. The zero-order chi connectivity index (χ0) is 14.5. The number of amides is 1. The predicted octanol–water partition coefficient (Wildman–Crippen LogP) is 0.324. The Bertz CT molecular complexity index is 331. The van der Waals surface area contributed by atoms with Gasteiger partial charge in [-0.05, 0) is 12.5 Å². The number of hydrogen-bond donors (Lipinski definition) is 2. The number of likely N-dealkylation sites (N-methyl/N-ethyl adjacent to an activating group) is 1. The summed E-state index contributed by atoms with van der Waals surface area (Å²) in [7, 11) is 2.02. The van der Waals surface area contributed by atoms with Crippen molar-refractivity contribution in [1.29, 1.82) is 0 Å². The average molecular weight is 272 g/mol. The lowest BCUT2D eigenvalue weighted by Crippen LogP contribution is -2.46. The SMILES string of the molecule is CN1CCOC(CNC(=O)CC(C)(C)CC(=O)O)C1. The van der Waals surface area contributed by atoms with E-state index >= 15 is 0 Å². The summed E-state index contributed by atoms with van der Waals surface area (Å²) >= 11 is 0. The first kappa shape index (κ1) is 15.9. The van der Waals surface area contributed by atoms with Gasteiger partial charge in [-0.1, -0.05) is 13.8 Å². The van der Waals surface area contributed by atoms with E-state index in [0.717, 1.165) is 13.1 Å². The molecule has 1 rings (SSSR count). The molecule has 1 amide bonds. The van der Waals surface area contributed by atoms with E-state index in [1.54, 1.807) is 13.8 Å².